The van der Waals surface area contributed by atoms with Gasteiger partial charge in [-0.05, 0) is 49.2 Å². The van der Waals surface area contributed by atoms with Crippen LogP contribution >= 0.6 is 0 Å². The van der Waals surface area contributed by atoms with Crippen LogP contribution in [-0.4, -0.2) is 43.1 Å². The zero-order valence-electron chi connectivity index (χ0n) is 17.6. The molecular formula is C20H22FN5O5S2. The van der Waals surface area contributed by atoms with Crippen molar-refractivity contribution in [2.24, 2.45) is 10.3 Å². The monoisotopic (exact) mass is 495 g/mol. The number of nitriles is 2. The number of ether oxygens (including phenoxy) is 1. The molecule has 2 aromatic rings. The summed E-state index contributed by atoms with van der Waals surface area (Å²) in [5, 5.41) is 27.5. The van der Waals surface area contributed by atoms with Crippen LogP contribution in [0.3, 0.4) is 0 Å². The molecule has 3 rings (SSSR count). The molecule has 4 N–H and O–H groups in total. The summed E-state index contributed by atoms with van der Waals surface area (Å²) in [5.74, 6) is -0.769. The minimum atomic E-state index is -3.87. The Morgan fingerprint density at radius 1 is 0.939 bits per heavy atom. The number of benzene rings is 2. The Bertz CT molecular complexity index is 1310. The maximum absolute atomic E-state index is 12.7. The standard InChI is InChI=1S/C13H17N3O3S.C7H5FN2O2S/c1-16(11-4-6-19-7-5-11)13-3-2-12(20(15,17)18)8-10(13)9-14;8-7-2-1-6(13(10,11)12)3-5(7)4-9/h2-3,8,11H,4-7H2,1H3,(H2,15,17,18);1-3H,(H2,10,11,12). The summed E-state index contributed by atoms with van der Waals surface area (Å²) in [5.41, 5.74) is 0.684. The summed E-state index contributed by atoms with van der Waals surface area (Å²) in [7, 11) is -5.76. The number of rotatable bonds is 4. The van der Waals surface area contributed by atoms with Crippen LogP contribution in [-0.2, 0) is 24.8 Å². The van der Waals surface area contributed by atoms with Gasteiger partial charge in [-0.25, -0.2) is 31.5 Å². The van der Waals surface area contributed by atoms with E-state index in [9.17, 15) is 26.5 Å². The number of sulfonamides is 2. The molecule has 1 aliphatic rings. The van der Waals surface area contributed by atoms with Crippen LogP contribution in [0.5, 0.6) is 0 Å². The molecule has 2 aromatic carbocycles. The third-order valence-electron chi connectivity index (χ3n) is 4.92. The minimum Gasteiger partial charge on any atom is -0.381 e. The van der Waals surface area contributed by atoms with E-state index in [0.717, 1.165) is 31.0 Å². The third kappa shape index (κ3) is 6.95. The number of primary sulfonamides is 2. The molecule has 0 atom stereocenters. The van der Waals surface area contributed by atoms with Gasteiger partial charge in [-0.2, -0.15) is 10.5 Å². The zero-order chi connectivity index (χ0) is 24.8. The van der Waals surface area contributed by atoms with Crippen molar-refractivity contribution in [1.82, 2.24) is 0 Å². The molecule has 10 nitrogen and oxygen atoms in total. The first-order chi connectivity index (χ1) is 15.4. The average molecular weight is 496 g/mol. The van der Waals surface area contributed by atoms with E-state index in [1.54, 1.807) is 6.07 Å². The SMILES string of the molecule is CN(c1ccc(S(N)(=O)=O)cc1C#N)C1CCOCC1.N#Cc1cc(S(N)(=O)=O)ccc1F. The van der Waals surface area contributed by atoms with Gasteiger partial charge in [-0.1, -0.05) is 0 Å². The van der Waals surface area contributed by atoms with E-state index < -0.39 is 25.9 Å². The fourth-order valence-electron chi connectivity index (χ4n) is 3.13. The highest BCUT2D eigenvalue weighted by atomic mass is 32.2. The van der Waals surface area contributed by atoms with Crippen molar-refractivity contribution in [2.75, 3.05) is 25.2 Å². The Kier molecular flexibility index (Phi) is 8.49. The summed E-state index contributed by atoms with van der Waals surface area (Å²) < 4.78 is 62.2. The van der Waals surface area contributed by atoms with Crippen molar-refractivity contribution in [3.8, 4) is 12.1 Å². The zero-order valence-corrected chi connectivity index (χ0v) is 19.2. The molecule has 0 aliphatic carbocycles. The van der Waals surface area contributed by atoms with Gasteiger partial charge in [-0.15, -0.1) is 0 Å². The molecule has 0 saturated carbocycles. The molecule has 0 unspecified atom stereocenters. The highest BCUT2D eigenvalue weighted by Crippen LogP contribution is 2.26. The number of nitrogens with two attached hydrogens (primary N) is 2. The van der Waals surface area contributed by atoms with Gasteiger partial charge in [0.05, 0.1) is 26.6 Å². The number of hydrogen-bond donors (Lipinski definition) is 2. The Labute approximate surface area is 191 Å². The molecule has 0 amide bonds. The lowest BCUT2D eigenvalue weighted by Crippen LogP contribution is -2.37. The maximum Gasteiger partial charge on any atom is 0.238 e. The van der Waals surface area contributed by atoms with E-state index in [-0.39, 0.29) is 21.4 Å². The Balaban J connectivity index is 0.000000257. The highest BCUT2D eigenvalue weighted by molar-refractivity contribution is 7.89. The molecule has 1 saturated heterocycles. The van der Waals surface area contributed by atoms with E-state index >= 15 is 0 Å². The van der Waals surface area contributed by atoms with Crippen molar-refractivity contribution in [3.63, 3.8) is 0 Å². The number of hydrogen-bond acceptors (Lipinski definition) is 8. The van der Waals surface area contributed by atoms with E-state index in [0.29, 0.717) is 24.5 Å². The minimum absolute atomic E-state index is 0.0434. The molecule has 1 aliphatic heterocycles. The first-order valence-corrected chi connectivity index (χ1v) is 12.6. The van der Waals surface area contributed by atoms with Gasteiger partial charge >= 0.3 is 0 Å². The molecule has 176 valence electrons. The number of anilines is 1. The first kappa shape index (κ1) is 26.2. The Morgan fingerprint density at radius 3 is 1.91 bits per heavy atom. The van der Waals surface area contributed by atoms with E-state index in [1.165, 1.54) is 18.2 Å². The van der Waals surface area contributed by atoms with Crippen LogP contribution < -0.4 is 15.2 Å². The summed E-state index contributed by atoms with van der Waals surface area (Å²) in [6, 6.07) is 11.0. The lowest BCUT2D eigenvalue weighted by Gasteiger charge is -2.33. The van der Waals surface area contributed by atoms with Crippen LogP contribution in [0.1, 0.15) is 24.0 Å². The maximum atomic E-state index is 12.7. The second-order valence-electron chi connectivity index (χ2n) is 7.09. The Hall–Kier alpha value is -3.07. The van der Waals surface area contributed by atoms with Gasteiger partial charge in [0.15, 0.2) is 0 Å². The van der Waals surface area contributed by atoms with Crippen molar-refractivity contribution in [2.45, 2.75) is 28.7 Å². The van der Waals surface area contributed by atoms with Crippen LogP contribution in [0, 0.1) is 28.5 Å². The fourth-order valence-corrected chi connectivity index (χ4v) is 4.21. The molecule has 0 radical (unpaired) electrons. The summed E-state index contributed by atoms with van der Waals surface area (Å²) in [4.78, 5) is 1.69. The van der Waals surface area contributed by atoms with Crippen molar-refractivity contribution in [1.29, 1.82) is 10.5 Å². The van der Waals surface area contributed by atoms with Crippen molar-refractivity contribution in [3.05, 3.63) is 53.3 Å². The normalized spacial score (nSPS) is 14.4. The van der Waals surface area contributed by atoms with Gasteiger partial charge in [-0.3, -0.25) is 0 Å². The smallest absolute Gasteiger partial charge is 0.238 e. The second-order valence-corrected chi connectivity index (χ2v) is 10.2. The topological polar surface area (TPSA) is 180 Å². The highest BCUT2D eigenvalue weighted by Gasteiger charge is 2.22. The summed E-state index contributed by atoms with van der Waals surface area (Å²) in [6.45, 7) is 1.40. The van der Waals surface area contributed by atoms with Crippen LogP contribution in [0.4, 0.5) is 10.1 Å². The van der Waals surface area contributed by atoms with Crippen molar-refractivity contribution < 1.29 is 26.0 Å². The summed E-state index contributed by atoms with van der Waals surface area (Å²) in [6.07, 6.45) is 1.77. The molecule has 0 spiro atoms. The number of halogens is 1. The van der Waals surface area contributed by atoms with E-state index in [1.807, 2.05) is 18.0 Å². The van der Waals surface area contributed by atoms with Crippen LogP contribution in [0.2, 0.25) is 0 Å². The molecule has 13 heteroatoms. The quantitative estimate of drug-likeness (QED) is 0.634. The Morgan fingerprint density at radius 2 is 1.42 bits per heavy atom. The predicted molar refractivity (Wildman–Crippen MR) is 117 cm³/mol. The average Bonchev–Trinajstić information content (AvgIpc) is 2.78. The van der Waals surface area contributed by atoms with Crippen LogP contribution in [0.15, 0.2) is 46.2 Å². The van der Waals surface area contributed by atoms with E-state index in [2.05, 4.69) is 0 Å². The van der Waals surface area contributed by atoms with Gasteiger partial charge in [0.1, 0.15) is 18.0 Å². The van der Waals surface area contributed by atoms with Crippen molar-refractivity contribution >= 4 is 25.7 Å². The van der Waals surface area contributed by atoms with Crippen LogP contribution in [0.25, 0.3) is 0 Å². The largest absolute Gasteiger partial charge is 0.381 e. The summed E-state index contributed by atoms with van der Waals surface area (Å²) >= 11 is 0. The molecule has 1 fully saturated rings. The lowest BCUT2D eigenvalue weighted by atomic mass is 10.1. The van der Waals surface area contributed by atoms with Gasteiger partial charge in [0.2, 0.25) is 20.0 Å². The first-order valence-electron chi connectivity index (χ1n) is 9.48. The molecule has 1 heterocycles. The molecule has 33 heavy (non-hydrogen) atoms. The van der Waals surface area contributed by atoms with Gasteiger partial charge in [0.25, 0.3) is 0 Å². The predicted octanol–water partition coefficient (Wildman–Crippen LogP) is 1.17. The van der Waals surface area contributed by atoms with Gasteiger partial charge < -0.3 is 9.64 Å². The molecule has 0 aromatic heterocycles. The fraction of sp³-hybridized carbons (Fsp3) is 0.300. The number of nitrogens with zero attached hydrogens (tertiary/aromatic N) is 3. The lowest BCUT2D eigenvalue weighted by molar-refractivity contribution is 0.0855. The second kappa shape index (κ2) is 10.7. The van der Waals surface area contributed by atoms with Gasteiger partial charge in [0, 0.05) is 26.3 Å². The van der Waals surface area contributed by atoms with E-state index in [4.69, 9.17) is 20.3 Å². The molecular weight excluding hydrogens is 473 g/mol. The third-order valence-corrected chi connectivity index (χ3v) is 6.74. The molecule has 0 bridgehead atoms.